The molecule has 5 rings (SSSR count). The van der Waals surface area contributed by atoms with E-state index in [1.807, 2.05) is 23.7 Å². The molecular formula is C28H34F3N5O2Si. The molecule has 7 nitrogen and oxygen atoms in total. The molecule has 3 aromatic heterocycles. The lowest BCUT2D eigenvalue weighted by atomic mass is 9.72. The third-order valence-electron chi connectivity index (χ3n) is 7.62. The predicted octanol–water partition coefficient (Wildman–Crippen LogP) is 6.18. The van der Waals surface area contributed by atoms with Crippen molar-refractivity contribution < 1.29 is 17.9 Å². The minimum Gasteiger partial charge on any atom is -0.361 e. The summed E-state index contributed by atoms with van der Waals surface area (Å²) in [6.07, 6.45) is 2.63. The molecule has 1 aliphatic rings. The number of halogens is 3. The van der Waals surface area contributed by atoms with Crippen molar-refractivity contribution in [2.24, 2.45) is 13.0 Å². The smallest absolute Gasteiger partial charge is 0.361 e. The molecule has 4 aromatic rings. The number of aromatic nitrogens is 5. The normalized spacial score (nSPS) is 15.6. The number of hydrogen-bond acceptors (Lipinski definition) is 4. The minimum atomic E-state index is -4.64. The summed E-state index contributed by atoms with van der Waals surface area (Å²) in [5.74, 6) is 1.11. The Labute approximate surface area is 226 Å². The van der Waals surface area contributed by atoms with Crippen LogP contribution < -0.4 is 5.56 Å². The van der Waals surface area contributed by atoms with Crippen LogP contribution >= 0.6 is 0 Å². The summed E-state index contributed by atoms with van der Waals surface area (Å²) in [5.41, 5.74) is -0.116. The molecule has 11 heteroatoms. The monoisotopic (exact) mass is 557 g/mol. The fourth-order valence-electron chi connectivity index (χ4n) is 5.21. The molecule has 0 N–H and O–H groups in total. The van der Waals surface area contributed by atoms with Crippen molar-refractivity contribution in [3.05, 3.63) is 76.4 Å². The van der Waals surface area contributed by atoms with Crippen molar-refractivity contribution in [2.45, 2.75) is 63.8 Å². The zero-order valence-electron chi connectivity index (χ0n) is 22.7. The first kappa shape index (κ1) is 27.4. The van der Waals surface area contributed by atoms with Crippen LogP contribution in [0.15, 0.2) is 53.8 Å². The fraction of sp³-hybridized carbons (Fsp3) is 0.464. The van der Waals surface area contributed by atoms with Crippen LogP contribution in [0.25, 0.3) is 16.6 Å². The summed E-state index contributed by atoms with van der Waals surface area (Å²) in [6.45, 7) is 7.19. The zero-order chi connectivity index (χ0) is 27.9. The van der Waals surface area contributed by atoms with Crippen molar-refractivity contribution in [2.75, 3.05) is 6.61 Å². The Morgan fingerprint density at radius 2 is 1.95 bits per heavy atom. The highest BCUT2D eigenvalue weighted by Crippen LogP contribution is 2.43. The quantitative estimate of drug-likeness (QED) is 0.182. The largest absolute Gasteiger partial charge is 0.418 e. The number of rotatable bonds is 9. The average molecular weight is 558 g/mol. The van der Waals surface area contributed by atoms with Crippen LogP contribution in [-0.4, -0.2) is 38.6 Å². The Morgan fingerprint density at radius 3 is 2.56 bits per heavy atom. The summed E-state index contributed by atoms with van der Waals surface area (Å²) < 4.78 is 52.9. The SMILES string of the molecule is Cn1cnnc1[C@@H](c1cccc(-n2cc(C(F)(F)F)c3ccn(COCC[Si](C)(C)C)c3c2=O)c1)C1CCC1. The molecule has 1 aliphatic carbocycles. The topological polar surface area (TPSA) is 66.9 Å². The van der Waals surface area contributed by atoms with Gasteiger partial charge in [0.05, 0.1) is 5.56 Å². The van der Waals surface area contributed by atoms with E-state index in [4.69, 9.17) is 4.74 Å². The molecule has 0 bridgehead atoms. The maximum absolute atomic E-state index is 14.2. The van der Waals surface area contributed by atoms with E-state index < -0.39 is 25.4 Å². The Bertz CT molecular complexity index is 1530. The Morgan fingerprint density at radius 1 is 1.18 bits per heavy atom. The lowest BCUT2D eigenvalue weighted by Gasteiger charge is -2.33. The van der Waals surface area contributed by atoms with E-state index in [9.17, 15) is 18.0 Å². The first-order chi connectivity index (χ1) is 18.4. The predicted molar refractivity (Wildman–Crippen MR) is 147 cm³/mol. The number of pyridine rings is 1. The minimum absolute atomic E-state index is 0.0144. The molecule has 39 heavy (non-hydrogen) atoms. The summed E-state index contributed by atoms with van der Waals surface area (Å²) in [5, 5.41) is 8.26. The first-order valence-corrected chi connectivity index (χ1v) is 17.0. The number of nitrogens with zero attached hydrogens (tertiary/aromatic N) is 5. The summed E-state index contributed by atoms with van der Waals surface area (Å²) in [6, 6.07) is 9.49. The average Bonchev–Trinajstić information content (AvgIpc) is 3.44. The first-order valence-electron chi connectivity index (χ1n) is 13.3. The molecule has 0 radical (unpaired) electrons. The highest BCUT2D eigenvalue weighted by atomic mass is 28.3. The highest BCUT2D eigenvalue weighted by molar-refractivity contribution is 6.76. The third-order valence-corrected chi connectivity index (χ3v) is 9.32. The molecule has 1 fully saturated rings. The molecule has 0 unspecified atom stereocenters. The Kier molecular flexibility index (Phi) is 7.32. The van der Waals surface area contributed by atoms with Crippen molar-refractivity contribution >= 4 is 19.0 Å². The maximum Gasteiger partial charge on any atom is 0.418 e. The van der Waals surface area contributed by atoms with Gasteiger partial charge in [0.15, 0.2) is 0 Å². The number of aryl methyl sites for hydroxylation is 1. The van der Waals surface area contributed by atoms with Gasteiger partial charge in [-0.15, -0.1) is 10.2 Å². The summed E-state index contributed by atoms with van der Waals surface area (Å²) in [4.78, 5) is 13.7. The van der Waals surface area contributed by atoms with E-state index in [0.717, 1.165) is 47.5 Å². The molecule has 0 amide bonds. The Hall–Kier alpha value is -3.18. The van der Waals surface area contributed by atoms with Gasteiger partial charge in [-0.05, 0) is 48.6 Å². The zero-order valence-corrected chi connectivity index (χ0v) is 23.7. The number of benzene rings is 1. The van der Waals surface area contributed by atoms with E-state index in [1.54, 1.807) is 18.5 Å². The van der Waals surface area contributed by atoms with Gasteiger partial charge in [0.25, 0.3) is 5.56 Å². The molecule has 1 aromatic carbocycles. The van der Waals surface area contributed by atoms with Gasteiger partial charge in [-0.25, -0.2) is 0 Å². The van der Waals surface area contributed by atoms with Crippen LogP contribution in [0.3, 0.4) is 0 Å². The van der Waals surface area contributed by atoms with Crippen LogP contribution in [0, 0.1) is 5.92 Å². The van der Waals surface area contributed by atoms with Crippen LogP contribution in [0.4, 0.5) is 13.2 Å². The van der Waals surface area contributed by atoms with Gasteiger partial charge in [0.1, 0.15) is 24.4 Å². The maximum atomic E-state index is 14.2. The second-order valence-electron chi connectivity index (χ2n) is 11.7. The Balaban J connectivity index is 1.58. The molecule has 1 atom stereocenters. The van der Waals surface area contributed by atoms with Gasteiger partial charge in [0, 0.05) is 51.1 Å². The van der Waals surface area contributed by atoms with Crippen LogP contribution in [0.2, 0.25) is 25.7 Å². The summed E-state index contributed by atoms with van der Waals surface area (Å²) >= 11 is 0. The van der Waals surface area contributed by atoms with Gasteiger partial charge in [-0.3, -0.25) is 9.36 Å². The van der Waals surface area contributed by atoms with Crippen LogP contribution in [0.1, 0.15) is 42.1 Å². The van der Waals surface area contributed by atoms with Gasteiger partial charge in [0.2, 0.25) is 0 Å². The molecular weight excluding hydrogens is 523 g/mol. The second kappa shape index (κ2) is 10.4. The number of fused-ring (bicyclic) bond motifs is 1. The van der Waals surface area contributed by atoms with Gasteiger partial charge < -0.3 is 13.9 Å². The molecule has 0 saturated heterocycles. The van der Waals surface area contributed by atoms with Gasteiger partial charge >= 0.3 is 6.18 Å². The standard InChI is InChI=1S/C28H34F3N5O2Si/c1-34-17-32-33-26(34)24(19-7-5-8-19)20-9-6-10-21(15-20)36-16-23(28(29,30)31)22-11-12-35(25(22)27(36)37)18-38-13-14-39(2,3)4/h6,9-12,15-17,19,24H,5,7-8,13-14,18H2,1-4H3/t24-/m1/s1. The fourth-order valence-corrected chi connectivity index (χ4v) is 5.97. The third kappa shape index (κ3) is 5.60. The van der Waals surface area contributed by atoms with Crippen LogP contribution in [0.5, 0.6) is 0 Å². The number of alkyl halides is 3. The molecule has 1 saturated carbocycles. The van der Waals surface area contributed by atoms with E-state index in [2.05, 4.69) is 29.8 Å². The van der Waals surface area contributed by atoms with Crippen molar-refractivity contribution in [3.8, 4) is 5.69 Å². The second-order valence-corrected chi connectivity index (χ2v) is 17.3. The van der Waals surface area contributed by atoms with Gasteiger partial charge in [-0.2, -0.15) is 13.2 Å². The van der Waals surface area contributed by atoms with E-state index in [-0.39, 0.29) is 23.6 Å². The highest BCUT2D eigenvalue weighted by Gasteiger charge is 2.36. The van der Waals surface area contributed by atoms with Gasteiger partial charge in [-0.1, -0.05) is 38.2 Å². The lowest BCUT2D eigenvalue weighted by molar-refractivity contribution is -0.136. The number of hydrogen-bond donors (Lipinski definition) is 0. The van der Waals surface area contributed by atoms with E-state index >= 15 is 0 Å². The summed E-state index contributed by atoms with van der Waals surface area (Å²) in [7, 11) is 0.553. The van der Waals surface area contributed by atoms with E-state index in [1.165, 1.54) is 16.8 Å². The molecule has 208 valence electrons. The van der Waals surface area contributed by atoms with Crippen molar-refractivity contribution in [1.29, 1.82) is 0 Å². The van der Waals surface area contributed by atoms with Crippen molar-refractivity contribution in [1.82, 2.24) is 23.9 Å². The molecule has 3 heterocycles. The molecule has 0 aliphatic heterocycles. The van der Waals surface area contributed by atoms with Crippen LogP contribution in [-0.2, 0) is 24.7 Å². The lowest BCUT2D eigenvalue weighted by Crippen LogP contribution is -2.26. The number of ether oxygens (including phenoxy) is 1. The molecule has 0 spiro atoms. The van der Waals surface area contributed by atoms with E-state index in [0.29, 0.717) is 18.2 Å². The van der Waals surface area contributed by atoms with Crippen molar-refractivity contribution in [3.63, 3.8) is 0 Å².